The molecule has 0 bridgehead atoms. The molecule has 1 saturated carbocycles. The molecule has 1 aromatic heterocycles. The number of aliphatic imine (C=N–C) groups is 2. The number of piperidine rings is 1. The minimum absolute atomic E-state index is 0.0824. The van der Waals surface area contributed by atoms with E-state index in [4.69, 9.17) is 10.8 Å². The van der Waals surface area contributed by atoms with Crippen LogP contribution in [0.15, 0.2) is 82.4 Å². The summed E-state index contributed by atoms with van der Waals surface area (Å²) in [6.07, 6.45) is 10.8. The number of benzene rings is 1. The van der Waals surface area contributed by atoms with Crippen molar-refractivity contribution in [3.8, 4) is 0 Å². The van der Waals surface area contributed by atoms with E-state index >= 15 is 0 Å². The molecule has 188 valence electrons. The second-order valence-corrected chi connectivity index (χ2v) is 10.2. The van der Waals surface area contributed by atoms with Gasteiger partial charge in [0.25, 0.3) is 11.7 Å². The Morgan fingerprint density at radius 2 is 1.89 bits per heavy atom. The third-order valence-corrected chi connectivity index (χ3v) is 7.61. The Kier molecular flexibility index (Phi) is 5.81. The van der Waals surface area contributed by atoms with Gasteiger partial charge in [-0.1, -0.05) is 6.07 Å². The number of hydrogen-bond donors (Lipinski definition) is 2. The fourth-order valence-corrected chi connectivity index (χ4v) is 5.30. The van der Waals surface area contributed by atoms with E-state index in [9.17, 15) is 9.59 Å². The molecule has 1 aliphatic carbocycles. The minimum atomic E-state index is -0.239. The number of hydrogen-bond acceptors (Lipinski definition) is 6. The van der Waals surface area contributed by atoms with Gasteiger partial charge in [-0.05, 0) is 69.0 Å². The van der Waals surface area contributed by atoms with Crippen LogP contribution < -0.4 is 11.2 Å². The summed E-state index contributed by atoms with van der Waals surface area (Å²) in [6, 6.07) is 12.9. The van der Waals surface area contributed by atoms with E-state index in [2.05, 4.69) is 22.2 Å². The summed E-state index contributed by atoms with van der Waals surface area (Å²) in [7, 11) is 0. The van der Waals surface area contributed by atoms with E-state index in [1.165, 1.54) is 0 Å². The molecular weight excluding hydrogens is 466 g/mol. The number of nitrogens with one attached hydrogen (secondary N) is 1. The first kappa shape index (κ1) is 23.4. The summed E-state index contributed by atoms with van der Waals surface area (Å²) in [4.78, 5) is 41.2. The number of fused-ring (bicyclic) bond motifs is 1. The third kappa shape index (κ3) is 4.30. The summed E-state index contributed by atoms with van der Waals surface area (Å²) >= 11 is 0. The summed E-state index contributed by atoms with van der Waals surface area (Å²) in [5, 5.41) is 2.80. The molecule has 2 aromatic rings. The first-order valence-corrected chi connectivity index (χ1v) is 12.8. The molecule has 37 heavy (non-hydrogen) atoms. The van der Waals surface area contributed by atoms with Crippen molar-refractivity contribution in [1.29, 1.82) is 0 Å². The molecule has 1 saturated heterocycles. The van der Waals surface area contributed by atoms with Crippen LogP contribution in [0.5, 0.6) is 0 Å². The Labute approximate surface area is 215 Å². The monoisotopic (exact) mass is 496 g/mol. The first-order valence-electron chi connectivity index (χ1n) is 12.8. The van der Waals surface area contributed by atoms with Crippen molar-refractivity contribution in [2.45, 2.75) is 38.6 Å². The van der Waals surface area contributed by atoms with E-state index in [-0.39, 0.29) is 34.3 Å². The van der Waals surface area contributed by atoms with Crippen LogP contribution >= 0.6 is 0 Å². The van der Waals surface area contributed by atoms with E-state index < -0.39 is 0 Å². The van der Waals surface area contributed by atoms with Gasteiger partial charge in [-0.3, -0.25) is 14.6 Å². The van der Waals surface area contributed by atoms with Gasteiger partial charge in [-0.15, -0.1) is 4.59 Å². The molecule has 3 aliphatic heterocycles. The van der Waals surface area contributed by atoms with E-state index in [1.807, 2.05) is 29.3 Å². The number of rotatable bonds is 5. The maximum Gasteiger partial charge on any atom is 0.264 e. The van der Waals surface area contributed by atoms with Crippen molar-refractivity contribution in [3.63, 3.8) is 0 Å². The summed E-state index contributed by atoms with van der Waals surface area (Å²) in [5.41, 5.74) is 3.05. The van der Waals surface area contributed by atoms with Crippen molar-refractivity contribution in [2.75, 3.05) is 11.9 Å². The lowest BCUT2D eigenvalue weighted by atomic mass is 9.89. The quantitative estimate of drug-likeness (QED) is 0.486. The highest BCUT2D eigenvalue weighted by molar-refractivity contribution is 6.05. The number of allylic oxidation sites excluding steroid dienone is 1. The molecule has 0 radical (unpaired) electrons. The molecule has 6 rings (SSSR count). The molecule has 3 atom stereocenters. The lowest BCUT2D eigenvalue weighted by Gasteiger charge is -2.38. The predicted molar refractivity (Wildman–Crippen MR) is 141 cm³/mol. The molecule has 9 heteroatoms. The van der Waals surface area contributed by atoms with Crippen LogP contribution in [0.4, 0.5) is 5.82 Å². The van der Waals surface area contributed by atoms with Gasteiger partial charge in [0.15, 0.2) is 0 Å². The van der Waals surface area contributed by atoms with Crippen LogP contribution in [0.1, 0.15) is 48.5 Å². The molecule has 2 fully saturated rings. The maximum absolute atomic E-state index is 12.9. The highest BCUT2D eigenvalue weighted by Gasteiger charge is 2.47. The second kappa shape index (κ2) is 9.17. The SMILES string of the molecule is C[C@H]1CC[C@@H](C2=C3C=NC=C[N+]3(N)C(c3ccc(C(=O)Nc4ccccn4)cc3)=N2)CN1C(=O)C1CC1. The normalized spacial score (nSPS) is 26.6. The number of quaternary nitrogens is 1. The number of likely N-dealkylation sites (tertiary alicyclic amines) is 1. The van der Waals surface area contributed by atoms with Crippen molar-refractivity contribution < 1.29 is 14.2 Å². The molecule has 1 aromatic carbocycles. The highest BCUT2D eigenvalue weighted by Crippen LogP contribution is 2.40. The van der Waals surface area contributed by atoms with Crippen LogP contribution in [-0.2, 0) is 4.79 Å². The fraction of sp³-hybridized carbons (Fsp3) is 0.321. The van der Waals surface area contributed by atoms with Crippen LogP contribution in [0, 0.1) is 11.8 Å². The Bertz CT molecular complexity index is 1360. The van der Waals surface area contributed by atoms with Crippen molar-refractivity contribution in [1.82, 2.24) is 9.88 Å². The molecule has 0 spiro atoms. The van der Waals surface area contributed by atoms with Gasteiger partial charge in [-0.25, -0.2) is 4.98 Å². The van der Waals surface area contributed by atoms with E-state index in [0.29, 0.717) is 23.8 Å². The number of nitrogens with zero attached hydrogens (tertiary/aromatic N) is 5. The van der Waals surface area contributed by atoms with Crippen LogP contribution in [-0.4, -0.2) is 50.9 Å². The number of aromatic nitrogens is 1. The summed E-state index contributed by atoms with van der Waals surface area (Å²) < 4.78 is -0.0824. The van der Waals surface area contributed by atoms with Crippen molar-refractivity contribution in [2.24, 2.45) is 27.7 Å². The van der Waals surface area contributed by atoms with E-state index in [1.54, 1.807) is 42.9 Å². The Hall–Kier alpha value is -3.95. The fourth-order valence-electron chi connectivity index (χ4n) is 5.30. The van der Waals surface area contributed by atoms with Gasteiger partial charge in [0.05, 0.1) is 18.0 Å². The summed E-state index contributed by atoms with van der Waals surface area (Å²) in [5.74, 6) is 8.40. The molecule has 3 N–H and O–H groups in total. The summed E-state index contributed by atoms with van der Waals surface area (Å²) in [6.45, 7) is 2.79. The number of carbonyl (C=O) groups is 2. The van der Waals surface area contributed by atoms with Crippen molar-refractivity contribution >= 4 is 29.7 Å². The number of anilines is 1. The molecule has 9 nitrogen and oxygen atoms in total. The topological polar surface area (TPSA) is 113 Å². The maximum atomic E-state index is 12.9. The molecular formula is C28H30N7O2+. The minimum Gasteiger partial charge on any atom is -0.339 e. The average Bonchev–Trinajstić information content (AvgIpc) is 3.72. The predicted octanol–water partition coefficient (Wildman–Crippen LogP) is 3.59. The van der Waals surface area contributed by atoms with Gasteiger partial charge in [0.2, 0.25) is 11.6 Å². The van der Waals surface area contributed by atoms with Gasteiger partial charge >= 0.3 is 0 Å². The van der Waals surface area contributed by atoms with Gasteiger partial charge < -0.3 is 10.2 Å². The zero-order chi connectivity index (χ0) is 25.6. The lowest BCUT2D eigenvalue weighted by molar-refractivity contribution is -0.750. The third-order valence-electron chi connectivity index (χ3n) is 7.61. The largest absolute Gasteiger partial charge is 0.339 e. The van der Waals surface area contributed by atoms with E-state index in [0.717, 1.165) is 42.6 Å². The Morgan fingerprint density at radius 1 is 1.08 bits per heavy atom. The number of carbonyl (C=O) groups excluding carboxylic acids is 2. The number of pyridine rings is 1. The Balaban J connectivity index is 1.27. The smallest absolute Gasteiger partial charge is 0.264 e. The molecule has 4 heterocycles. The standard InChI is InChI=1S/C28H29N7O2/c1-18-5-6-22(17-34(18)28(37)21-11-12-21)25-23-16-30-14-15-35(23,29)26(33-25)19-7-9-20(10-8-19)27(36)32-24-4-2-3-13-31-24/h2-4,7-10,13-16,18,21-22H,5-6,11-12,17,29H2,1H3/p+1/t18-,22+,35?/m0/s1. The number of amides is 2. The van der Waals surface area contributed by atoms with Gasteiger partial charge in [-0.2, -0.15) is 10.8 Å². The van der Waals surface area contributed by atoms with Crippen LogP contribution in [0.3, 0.4) is 0 Å². The number of amidine groups is 1. The highest BCUT2D eigenvalue weighted by atomic mass is 16.2. The zero-order valence-electron chi connectivity index (χ0n) is 20.7. The molecule has 4 aliphatic rings. The molecule has 1 unspecified atom stereocenters. The second-order valence-electron chi connectivity index (χ2n) is 10.2. The van der Waals surface area contributed by atoms with Crippen LogP contribution in [0.2, 0.25) is 0 Å². The average molecular weight is 497 g/mol. The molecule has 2 amide bonds. The lowest BCUT2D eigenvalue weighted by Crippen LogP contribution is -2.53. The van der Waals surface area contributed by atoms with Gasteiger partial charge in [0.1, 0.15) is 17.7 Å². The van der Waals surface area contributed by atoms with Crippen molar-refractivity contribution in [3.05, 3.63) is 83.6 Å². The van der Waals surface area contributed by atoms with Crippen LogP contribution in [0.25, 0.3) is 0 Å². The first-order chi connectivity index (χ1) is 17.9. The number of nitrogens with two attached hydrogens (primary N) is 1. The zero-order valence-corrected chi connectivity index (χ0v) is 20.7. The Morgan fingerprint density at radius 3 is 2.62 bits per heavy atom. The van der Waals surface area contributed by atoms with Gasteiger partial charge in [0, 0.05) is 36.2 Å².